The molecule has 0 saturated heterocycles. The maximum absolute atomic E-state index is 11.7. The van der Waals surface area contributed by atoms with Gasteiger partial charge in [-0.3, -0.25) is 4.79 Å². The first-order valence-corrected chi connectivity index (χ1v) is 9.11. The highest BCUT2D eigenvalue weighted by Crippen LogP contribution is 2.11. The summed E-state index contributed by atoms with van der Waals surface area (Å²) in [5.41, 5.74) is 1.91. The first kappa shape index (κ1) is 23.0. The van der Waals surface area contributed by atoms with Gasteiger partial charge in [0.25, 0.3) is 0 Å². The number of carbonyl (C=O) groups is 1. The van der Waals surface area contributed by atoms with Crippen molar-refractivity contribution in [1.29, 1.82) is 0 Å². The number of anilines is 1. The molecule has 1 heterocycles. The number of amides is 1. The number of aliphatic imine (C=N–C) groups is 1. The van der Waals surface area contributed by atoms with Crippen molar-refractivity contribution in [2.45, 2.75) is 33.9 Å². The molecule has 0 bridgehead atoms. The van der Waals surface area contributed by atoms with Gasteiger partial charge in [-0.05, 0) is 36.8 Å². The Balaban J connectivity index is 0.00000364. The molecule has 0 radical (unpaired) electrons. The second-order valence-electron chi connectivity index (χ2n) is 6.38. The predicted octanol–water partition coefficient (Wildman–Crippen LogP) is 3.46. The highest BCUT2D eigenvalue weighted by Gasteiger charge is 2.06. The molecule has 27 heavy (non-hydrogen) atoms. The Kier molecular flexibility index (Phi) is 10.5. The van der Waals surface area contributed by atoms with Gasteiger partial charge < -0.3 is 20.5 Å². The molecule has 0 aliphatic heterocycles. The Labute approximate surface area is 178 Å². The minimum absolute atomic E-state index is 0. The van der Waals surface area contributed by atoms with Crippen LogP contribution in [0.3, 0.4) is 0 Å². The average Bonchev–Trinajstić information content (AvgIpc) is 3.14. The molecular weight excluding hydrogens is 453 g/mol. The van der Waals surface area contributed by atoms with Gasteiger partial charge in [0.15, 0.2) is 5.96 Å². The third kappa shape index (κ3) is 8.47. The average molecular weight is 483 g/mol. The molecule has 0 aliphatic rings. The van der Waals surface area contributed by atoms with Crippen LogP contribution in [0.25, 0.3) is 0 Å². The van der Waals surface area contributed by atoms with Gasteiger partial charge in [-0.15, -0.1) is 24.0 Å². The normalized spacial score (nSPS) is 11.0. The SMILES string of the molecule is CCNC(=NCc1ccc(NC(=O)C(C)C)cc1)NCCn1cccc1.I. The van der Waals surface area contributed by atoms with E-state index in [1.807, 2.05) is 62.6 Å². The molecule has 148 valence electrons. The van der Waals surface area contributed by atoms with Gasteiger partial charge in [0, 0.05) is 43.6 Å². The Morgan fingerprint density at radius 1 is 1.11 bits per heavy atom. The first-order valence-electron chi connectivity index (χ1n) is 9.11. The number of nitrogens with one attached hydrogen (secondary N) is 3. The molecule has 1 aromatic carbocycles. The summed E-state index contributed by atoms with van der Waals surface area (Å²) in [5.74, 6) is 0.800. The highest BCUT2D eigenvalue weighted by molar-refractivity contribution is 14.0. The number of rotatable bonds is 8. The van der Waals surface area contributed by atoms with Crippen molar-refractivity contribution in [2.75, 3.05) is 18.4 Å². The van der Waals surface area contributed by atoms with Crippen molar-refractivity contribution < 1.29 is 4.79 Å². The predicted molar refractivity (Wildman–Crippen MR) is 123 cm³/mol. The number of aromatic nitrogens is 1. The van der Waals surface area contributed by atoms with Gasteiger partial charge in [0.1, 0.15) is 0 Å². The molecule has 0 spiro atoms. The van der Waals surface area contributed by atoms with Gasteiger partial charge >= 0.3 is 0 Å². The number of carbonyl (C=O) groups excluding carboxylic acids is 1. The molecule has 6 nitrogen and oxygen atoms in total. The summed E-state index contributed by atoms with van der Waals surface area (Å²) in [6, 6.07) is 11.8. The third-order valence-corrected chi connectivity index (χ3v) is 3.84. The van der Waals surface area contributed by atoms with Crippen molar-refractivity contribution in [3.05, 3.63) is 54.4 Å². The Bertz CT molecular complexity index is 696. The van der Waals surface area contributed by atoms with E-state index in [-0.39, 0.29) is 35.8 Å². The standard InChI is InChI=1S/C20H29N5O.HI/c1-4-21-20(22-11-14-25-12-5-6-13-25)23-15-17-7-9-18(10-8-17)24-19(26)16(2)3;/h5-10,12-13,16H,4,11,14-15H2,1-3H3,(H,24,26)(H2,21,22,23);1H. The lowest BCUT2D eigenvalue weighted by atomic mass is 10.2. The molecule has 1 aromatic heterocycles. The number of hydrogen-bond acceptors (Lipinski definition) is 2. The quantitative estimate of drug-likeness (QED) is 0.306. The number of benzene rings is 1. The van der Waals surface area contributed by atoms with Crippen LogP contribution in [0.5, 0.6) is 0 Å². The van der Waals surface area contributed by atoms with E-state index in [1.165, 1.54) is 0 Å². The van der Waals surface area contributed by atoms with E-state index in [9.17, 15) is 4.79 Å². The van der Waals surface area contributed by atoms with Gasteiger partial charge in [0.2, 0.25) is 5.91 Å². The summed E-state index contributed by atoms with van der Waals surface area (Å²) in [6.45, 7) is 8.90. The van der Waals surface area contributed by atoms with Crippen LogP contribution < -0.4 is 16.0 Å². The first-order chi connectivity index (χ1) is 12.6. The molecule has 1 amide bonds. The fraction of sp³-hybridized carbons (Fsp3) is 0.400. The zero-order valence-corrected chi connectivity index (χ0v) is 18.6. The number of guanidine groups is 1. The monoisotopic (exact) mass is 483 g/mol. The third-order valence-electron chi connectivity index (χ3n) is 3.84. The summed E-state index contributed by atoms with van der Waals surface area (Å²) in [5, 5.41) is 9.49. The fourth-order valence-corrected chi connectivity index (χ4v) is 2.31. The Morgan fingerprint density at radius 2 is 1.78 bits per heavy atom. The molecule has 2 rings (SSSR count). The van der Waals surface area contributed by atoms with Crippen LogP contribution in [-0.2, 0) is 17.9 Å². The summed E-state index contributed by atoms with van der Waals surface area (Å²) < 4.78 is 2.13. The minimum atomic E-state index is -0.0282. The molecule has 0 fully saturated rings. The Hall–Kier alpha value is -2.03. The van der Waals surface area contributed by atoms with Crippen molar-refractivity contribution in [3.8, 4) is 0 Å². The largest absolute Gasteiger partial charge is 0.357 e. The van der Waals surface area contributed by atoms with Gasteiger partial charge in [-0.2, -0.15) is 0 Å². The van der Waals surface area contributed by atoms with Crippen LogP contribution in [0.1, 0.15) is 26.3 Å². The van der Waals surface area contributed by atoms with E-state index < -0.39 is 0 Å². The van der Waals surface area contributed by atoms with Crippen LogP contribution in [0.15, 0.2) is 53.8 Å². The van der Waals surface area contributed by atoms with E-state index in [1.54, 1.807) is 0 Å². The molecule has 3 N–H and O–H groups in total. The van der Waals surface area contributed by atoms with Crippen LogP contribution in [0.4, 0.5) is 5.69 Å². The van der Waals surface area contributed by atoms with Crippen molar-refractivity contribution >= 4 is 41.5 Å². The molecule has 7 heteroatoms. The van der Waals surface area contributed by atoms with E-state index in [2.05, 4.69) is 32.4 Å². The minimum Gasteiger partial charge on any atom is -0.357 e. The van der Waals surface area contributed by atoms with Gasteiger partial charge in [0.05, 0.1) is 6.54 Å². The zero-order valence-electron chi connectivity index (χ0n) is 16.2. The summed E-state index contributed by atoms with van der Waals surface area (Å²) >= 11 is 0. The maximum atomic E-state index is 11.7. The molecular formula is C20H30IN5O. The number of hydrogen-bond donors (Lipinski definition) is 3. The molecule has 2 aromatic rings. The second kappa shape index (κ2) is 12.4. The summed E-state index contributed by atoms with van der Waals surface area (Å²) in [6.07, 6.45) is 4.09. The van der Waals surface area contributed by atoms with Crippen LogP contribution in [0, 0.1) is 5.92 Å². The van der Waals surface area contributed by atoms with Gasteiger partial charge in [-0.25, -0.2) is 4.99 Å². The topological polar surface area (TPSA) is 70.4 Å². The lowest BCUT2D eigenvalue weighted by Gasteiger charge is -2.12. The second-order valence-corrected chi connectivity index (χ2v) is 6.38. The van der Waals surface area contributed by atoms with Crippen LogP contribution in [-0.4, -0.2) is 29.5 Å². The van der Waals surface area contributed by atoms with Crippen molar-refractivity contribution in [3.63, 3.8) is 0 Å². The smallest absolute Gasteiger partial charge is 0.226 e. The van der Waals surface area contributed by atoms with E-state index >= 15 is 0 Å². The Morgan fingerprint density at radius 3 is 2.37 bits per heavy atom. The van der Waals surface area contributed by atoms with Gasteiger partial charge in [-0.1, -0.05) is 26.0 Å². The lowest BCUT2D eigenvalue weighted by Crippen LogP contribution is -2.38. The van der Waals surface area contributed by atoms with Crippen molar-refractivity contribution in [1.82, 2.24) is 15.2 Å². The highest BCUT2D eigenvalue weighted by atomic mass is 127. The molecule has 0 aliphatic carbocycles. The zero-order chi connectivity index (χ0) is 18.8. The van der Waals surface area contributed by atoms with E-state index in [0.717, 1.165) is 36.8 Å². The van der Waals surface area contributed by atoms with E-state index in [4.69, 9.17) is 0 Å². The van der Waals surface area contributed by atoms with Crippen LogP contribution in [0.2, 0.25) is 0 Å². The number of halogens is 1. The molecule has 0 unspecified atom stereocenters. The summed E-state index contributed by atoms with van der Waals surface area (Å²) in [7, 11) is 0. The molecule has 0 saturated carbocycles. The summed E-state index contributed by atoms with van der Waals surface area (Å²) in [4.78, 5) is 16.3. The lowest BCUT2D eigenvalue weighted by molar-refractivity contribution is -0.118. The maximum Gasteiger partial charge on any atom is 0.226 e. The number of nitrogens with zero attached hydrogens (tertiary/aromatic N) is 2. The van der Waals surface area contributed by atoms with E-state index in [0.29, 0.717) is 6.54 Å². The van der Waals surface area contributed by atoms with Crippen molar-refractivity contribution in [2.24, 2.45) is 10.9 Å². The molecule has 0 atom stereocenters. The fourth-order valence-electron chi connectivity index (χ4n) is 2.31. The van der Waals surface area contributed by atoms with Crippen LogP contribution >= 0.6 is 24.0 Å².